The fourth-order valence-corrected chi connectivity index (χ4v) is 2.87. The van der Waals surface area contributed by atoms with Crippen LogP contribution in [-0.2, 0) is 4.79 Å². The summed E-state index contributed by atoms with van der Waals surface area (Å²) in [6.07, 6.45) is 7.10. The van der Waals surface area contributed by atoms with Gasteiger partial charge in [-0.15, -0.1) is 0 Å². The van der Waals surface area contributed by atoms with Gasteiger partial charge in [-0.3, -0.25) is 4.79 Å². The predicted molar refractivity (Wildman–Crippen MR) is 79.9 cm³/mol. The summed E-state index contributed by atoms with van der Waals surface area (Å²) >= 11 is 0. The number of nitrogens with zero attached hydrogens (tertiary/aromatic N) is 1. The van der Waals surface area contributed by atoms with Crippen molar-refractivity contribution in [2.75, 3.05) is 20.6 Å². The molecular formula is C15H31N3O. The minimum absolute atomic E-state index is 0.00106. The number of hydrogen-bond donors (Lipinski definition) is 2. The Labute approximate surface area is 118 Å². The fraction of sp³-hybridized carbons (Fsp3) is 0.933. The first-order valence-electron chi connectivity index (χ1n) is 7.63. The lowest BCUT2D eigenvalue weighted by atomic mass is 9.80. The Morgan fingerprint density at radius 1 is 1.32 bits per heavy atom. The number of rotatable bonds is 6. The molecule has 0 aromatic heterocycles. The van der Waals surface area contributed by atoms with Crippen LogP contribution in [0.2, 0.25) is 0 Å². The molecule has 2 atom stereocenters. The Morgan fingerprint density at radius 2 is 1.89 bits per heavy atom. The molecule has 4 heteroatoms. The van der Waals surface area contributed by atoms with E-state index in [9.17, 15) is 4.79 Å². The minimum atomic E-state index is -0.382. The number of carbonyl (C=O) groups excluding carboxylic acids is 1. The lowest BCUT2D eigenvalue weighted by molar-refractivity contribution is -0.124. The highest BCUT2D eigenvalue weighted by atomic mass is 16.2. The van der Waals surface area contributed by atoms with Gasteiger partial charge in [0.25, 0.3) is 0 Å². The van der Waals surface area contributed by atoms with Crippen molar-refractivity contribution in [1.82, 2.24) is 10.2 Å². The maximum Gasteiger partial charge on any atom is 0.237 e. The van der Waals surface area contributed by atoms with Crippen LogP contribution in [0, 0.1) is 5.92 Å². The van der Waals surface area contributed by atoms with Gasteiger partial charge in [0.05, 0.1) is 6.04 Å². The Kier molecular flexibility index (Phi) is 6.27. The van der Waals surface area contributed by atoms with Crippen LogP contribution in [0.5, 0.6) is 0 Å². The molecule has 0 bridgehead atoms. The summed E-state index contributed by atoms with van der Waals surface area (Å²) in [5.74, 6) is 0.239. The molecule has 1 amide bonds. The smallest absolute Gasteiger partial charge is 0.237 e. The van der Waals surface area contributed by atoms with Crippen LogP contribution < -0.4 is 11.1 Å². The van der Waals surface area contributed by atoms with Crippen molar-refractivity contribution in [1.29, 1.82) is 0 Å². The highest BCUT2D eigenvalue weighted by Crippen LogP contribution is 2.31. The molecule has 1 aliphatic carbocycles. The molecule has 1 aliphatic rings. The highest BCUT2D eigenvalue weighted by Gasteiger charge is 2.35. The molecule has 3 N–H and O–H groups in total. The molecule has 0 saturated heterocycles. The van der Waals surface area contributed by atoms with Gasteiger partial charge in [0.15, 0.2) is 0 Å². The van der Waals surface area contributed by atoms with E-state index in [-0.39, 0.29) is 23.4 Å². The lowest BCUT2D eigenvalue weighted by Crippen LogP contribution is -2.56. The van der Waals surface area contributed by atoms with Crippen molar-refractivity contribution in [3.63, 3.8) is 0 Å². The SMILES string of the molecule is CCC(C)C(N)C(=O)NCC1(N(C)C)CCCCC1. The molecule has 0 aromatic rings. The van der Waals surface area contributed by atoms with Crippen molar-refractivity contribution in [2.45, 2.75) is 64.0 Å². The predicted octanol–water partition coefficient (Wildman–Crippen LogP) is 1.74. The maximum atomic E-state index is 12.1. The highest BCUT2D eigenvalue weighted by molar-refractivity contribution is 5.81. The van der Waals surface area contributed by atoms with Gasteiger partial charge in [0.1, 0.15) is 0 Å². The average molecular weight is 269 g/mol. The number of nitrogens with one attached hydrogen (secondary N) is 1. The van der Waals surface area contributed by atoms with Crippen molar-refractivity contribution >= 4 is 5.91 Å². The summed E-state index contributed by atoms with van der Waals surface area (Å²) in [6, 6.07) is -0.382. The van der Waals surface area contributed by atoms with E-state index in [4.69, 9.17) is 5.73 Å². The van der Waals surface area contributed by atoms with Crippen molar-refractivity contribution in [2.24, 2.45) is 11.7 Å². The summed E-state index contributed by atoms with van der Waals surface area (Å²) in [5.41, 5.74) is 6.11. The van der Waals surface area contributed by atoms with Gasteiger partial charge >= 0.3 is 0 Å². The molecule has 0 aliphatic heterocycles. The van der Waals surface area contributed by atoms with Crippen LogP contribution in [-0.4, -0.2) is 43.0 Å². The molecule has 1 saturated carbocycles. The summed E-state index contributed by atoms with van der Waals surface area (Å²) in [4.78, 5) is 14.4. The van der Waals surface area contributed by atoms with E-state index in [1.807, 2.05) is 6.92 Å². The van der Waals surface area contributed by atoms with Gasteiger partial charge in [-0.2, -0.15) is 0 Å². The Bertz CT molecular complexity index is 285. The molecule has 0 spiro atoms. The molecule has 0 radical (unpaired) electrons. The van der Waals surface area contributed by atoms with Crippen molar-refractivity contribution in [3.8, 4) is 0 Å². The third kappa shape index (κ3) is 4.18. The quantitative estimate of drug-likeness (QED) is 0.772. The number of hydrogen-bond acceptors (Lipinski definition) is 3. The molecule has 2 unspecified atom stereocenters. The number of nitrogens with two attached hydrogens (primary N) is 1. The summed E-state index contributed by atoms with van der Waals surface area (Å²) in [7, 11) is 4.23. The van der Waals surface area contributed by atoms with Crippen molar-refractivity contribution < 1.29 is 4.79 Å². The average Bonchev–Trinajstić information content (AvgIpc) is 2.43. The zero-order valence-corrected chi connectivity index (χ0v) is 13.0. The largest absolute Gasteiger partial charge is 0.353 e. The Morgan fingerprint density at radius 3 is 2.37 bits per heavy atom. The van der Waals surface area contributed by atoms with Crippen LogP contribution in [0.3, 0.4) is 0 Å². The van der Waals surface area contributed by atoms with Crippen LogP contribution in [0.25, 0.3) is 0 Å². The first-order valence-corrected chi connectivity index (χ1v) is 7.63. The molecule has 0 heterocycles. The lowest BCUT2D eigenvalue weighted by Gasteiger charge is -2.43. The van der Waals surface area contributed by atoms with E-state index in [1.54, 1.807) is 0 Å². The second-order valence-electron chi connectivity index (χ2n) is 6.31. The fourth-order valence-electron chi connectivity index (χ4n) is 2.87. The number of likely N-dealkylation sites (N-methyl/N-ethyl adjacent to an activating group) is 1. The molecule has 1 fully saturated rings. The van der Waals surface area contributed by atoms with Gasteiger partial charge in [-0.05, 0) is 32.9 Å². The minimum Gasteiger partial charge on any atom is -0.353 e. The second-order valence-corrected chi connectivity index (χ2v) is 6.31. The molecule has 112 valence electrons. The Balaban J connectivity index is 2.55. The first-order chi connectivity index (χ1) is 8.93. The molecule has 19 heavy (non-hydrogen) atoms. The second kappa shape index (κ2) is 7.25. The third-order valence-electron chi connectivity index (χ3n) is 4.88. The molecular weight excluding hydrogens is 238 g/mol. The topological polar surface area (TPSA) is 58.4 Å². The number of carbonyl (C=O) groups is 1. The molecule has 1 rings (SSSR count). The summed E-state index contributed by atoms with van der Waals surface area (Å²) in [5, 5.41) is 3.08. The van der Waals surface area contributed by atoms with Crippen LogP contribution in [0.15, 0.2) is 0 Å². The van der Waals surface area contributed by atoms with Gasteiger partial charge < -0.3 is 16.0 Å². The zero-order valence-electron chi connectivity index (χ0n) is 13.0. The molecule has 0 aromatic carbocycles. The van der Waals surface area contributed by atoms with Gasteiger partial charge in [-0.1, -0.05) is 39.5 Å². The standard InChI is InChI=1S/C15H31N3O/c1-5-12(2)13(16)14(19)17-11-15(18(3)4)9-7-6-8-10-15/h12-13H,5-11,16H2,1-4H3,(H,17,19). The van der Waals surface area contributed by atoms with Crippen LogP contribution in [0.1, 0.15) is 52.4 Å². The number of amides is 1. The zero-order chi connectivity index (χ0) is 14.5. The monoisotopic (exact) mass is 269 g/mol. The third-order valence-corrected chi connectivity index (χ3v) is 4.88. The summed E-state index contributed by atoms with van der Waals surface area (Å²) in [6.45, 7) is 4.83. The van der Waals surface area contributed by atoms with Gasteiger partial charge in [-0.25, -0.2) is 0 Å². The van der Waals surface area contributed by atoms with E-state index in [1.165, 1.54) is 32.1 Å². The van der Waals surface area contributed by atoms with E-state index in [0.29, 0.717) is 0 Å². The maximum absolute atomic E-state index is 12.1. The van der Waals surface area contributed by atoms with E-state index in [2.05, 4.69) is 31.2 Å². The molecule has 4 nitrogen and oxygen atoms in total. The van der Waals surface area contributed by atoms with Crippen molar-refractivity contribution in [3.05, 3.63) is 0 Å². The first kappa shape index (κ1) is 16.4. The van der Waals surface area contributed by atoms with Gasteiger partial charge in [0.2, 0.25) is 5.91 Å². The van der Waals surface area contributed by atoms with E-state index in [0.717, 1.165) is 13.0 Å². The van der Waals surface area contributed by atoms with Crippen LogP contribution >= 0.6 is 0 Å². The van der Waals surface area contributed by atoms with Gasteiger partial charge in [0, 0.05) is 12.1 Å². The Hall–Kier alpha value is -0.610. The summed E-state index contributed by atoms with van der Waals surface area (Å²) < 4.78 is 0. The van der Waals surface area contributed by atoms with Crippen LogP contribution in [0.4, 0.5) is 0 Å². The van der Waals surface area contributed by atoms with E-state index >= 15 is 0 Å². The van der Waals surface area contributed by atoms with E-state index < -0.39 is 0 Å². The normalized spacial score (nSPS) is 22.0.